The molecule has 0 N–H and O–H groups in total. The van der Waals surface area contributed by atoms with E-state index in [1.54, 1.807) is 16.0 Å². The monoisotopic (exact) mass is 644 g/mol. The van der Waals surface area contributed by atoms with Gasteiger partial charge in [-0.3, -0.25) is 0 Å². The van der Waals surface area contributed by atoms with Gasteiger partial charge in [0.1, 0.15) is 23.8 Å². The summed E-state index contributed by atoms with van der Waals surface area (Å²) < 4.78 is 67.9. The van der Waals surface area contributed by atoms with Crippen LogP contribution in [0.2, 0.25) is 0 Å². The number of hydrogen-bond donors (Lipinski definition) is 0. The Balaban J connectivity index is 1.40. The highest BCUT2D eigenvalue weighted by molar-refractivity contribution is 5.69. The van der Waals surface area contributed by atoms with Crippen LogP contribution in [0, 0.1) is 5.82 Å². The number of hydrogen-bond acceptors (Lipinski definition) is 5. The summed E-state index contributed by atoms with van der Waals surface area (Å²) in [6, 6.07) is 12.1. The summed E-state index contributed by atoms with van der Waals surface area (Å²) in [6.07, 6.45) is -0.390. The molecule has 0 spiro atoms. The molecule has 1 aromatic heterocycles. The standard InChI is InChI=1S/C34H40F4N4O4/c1-33(2,3)46-31(43)40-17-14-24(15-18-40)30-39-29(25-12-13-28(35)27(19-25)34(36,37)38)21-41(30)20-26-11-7-8-16-42(26)32(44)45-22-23-9-5-4-6-10-23/h4-6,9-10,12-13,19,21,24,26H,7-8,11,14-18,20,22H2,1-3H3/t26-/m1/s1. The molecule has 2 saturated heterocycles. The summed E-state index contributed by atoms with van der Waals surface area (Å²) in [5.74, 6) is -0.797. The molecule has 248 valence electrons. The van der Waals surface area contributed by atoms with Crippen LogP contribution in [0.25, 0.3) is 11.3 Å². The van der Waals surface area contributed by atoms with E-state index in [4.69, 9.17) is 14.5 Å². The summed E-state index contributed by atoms with van der Waals surface area (Å²) >= 11 is 0. The lowest BCUT2D eigenvalue weighted by Crippen LogP contribution is -2.46. The van der Waals surface area contributed by atoms with Crippen LogP contribution in [0.4, 0.5) is 27.2 Å². The van der Waals surface area contributed by atoms with Crippen molar-refractivity contribution in [2.75, 3.05) is 19.6 Å². The lowest BCUT2D eigenvalue weighted by molar-refractivity contribution is -0.139. The first-order valence-electron chi connectivity index (χ1n) is 15.7. The van der Waals surface area contributed by atoms with Crippen molar-refractivity contribution in [2.24, 2.45) is 0 Å². The van der Waals surface area contributed by atoms with Crippen LogP contribution >= 0.6 is 0 Å². The molecule has 1 atom stereocenters. The maximum Gasteiger partial charge on any atom is 0.419 e. The van der Waals surface area contributed by atoms with Gasteiger partial charge in [0.05, 0.1) is 17.3 Å². The number of amides is 2. The van der Waals surface area contributed by atoms with Crippen molar-refractivity contribution in [2.45, 2.75) is 89.8 Å². The molecule has 2 aliphatic rings. The van der Waals surface area contributed by atoms with Gasteiger partial charge in [-0.15, -0.1) is 0 Å². The molecule has 8 nitrogen and oxygen atoms in total. The number of alkyl halides is 3. The minimum Gasteiger partial charge on any atom is -0.445 e. The number of benzene rings is 2. The summed E-state index contributed by atoms with van der Waals surface area (Å²) in [4.78, 5) is 34.1. The van der Waals surface area contributed by atoms with E-state index < -0.39 is 35.3 Å². The predicted molar refractivity (Wildman–Crippen MR) is 163 cm³/mol. The van der Waals surface area contributed by atoms with E-state index in [2.05, 4.69) is 0 Å². The van der Waals surface area contributed by atoms with Gasteiger partial charge in [-0.1, -0.05) is 30.3 Å². The number of likely N-dealkylation sites (tertiary alicyclic amines) is 2. The van der Waals surface area contributed by atoms with Gasteiger partial charge in [-0.05, 0) is 76.6 Å². The fourth-order valence-electron chi connectivity index (χ4n) is 6.05. The molecule has 2 aromatic carbocycles. The predicted octanol–water partition coefficient (Wildman–Crippen LogP) is 8.01. The Morgan fingerprint density at radius 3 is 2.33 bits per heavy atom. The first-order valence-corrected chi connectivity index (χ1v) is 15.7. The number of imidazole rings is 1. The molecule has 2 amide bonds. The molecular formula is C34H40F4N4O4. The molecular weight excluding hydrogens is 604 g/mol. The van der Waals surface area contributed by atoms with Crippen LogP contribution in [-0.2, 0) is 28.8 Å². The van der Waals surface area contributed by atoms with Gasteiger partial charge in [0.25, 0.3) is 0 Å². The highest BCUT2D eigenvalue weighted by Gasteiger charge is 2.36. The zero-order valence-electron chi connectivity index (χ0n) is 26.4. The van der Waals surface area contributed by atoms with Crippen LogP contribution < -0.4 is 0 Å². The second kappa shape index (κ2) is 13.7. The number of rotatable bonds is 6. The van der Waals surface area contributed by atoms with Gasteiger partial charge in [0.2, 0.25) is 0 Å². The van der Waals surface area contributed by atoms with Gasteiger partial charge in [-0.25, -0.2) is 19.0 Å². The number of aromatic nitrogens is 2. The van der Waals surface area contributed by atoms with E-state index in [-0.39, 0.29) is 29.8 Å². The van der Waals surface area contributed by atoms with Gasteiger partial charge in [0, 0.05) is 43.9 Å². The largest absolute Gasteiger partial charge is 0.445 e. The molecule has 0 unspecified atom stereocenters. The molecule has 0 bridgehead atoms. The number of carbonyl (C=O) groups excluding carboxylic acids is 2. The van der Waals surface area contributed by atoms with Gasteiger partial charge in [-0.2, -0.15) is 13.2 Å². The SMILES string of the molecule is CC(C)(C)OC(=O)N1CCC(c2nc(-c3ccc(F)c(C(F)(F)F)c3)cn2C[C@H]2CCCCN2C(=O)OCc2ccccc2)CC1. The van der Waals surface area contributed by atoms with E-state index in [1.165, 1.54) is 6.07 Å². The number of ether oxygens (including phenoxy) is 2. The smallest absolute Gasteiger partial charge is 0.419 e. The summed E-state index contributed by atoms with van der Waals surface area (Å²) in [5, 5.41) is 0. The van der Waals surface area contributed by atoms with Crippen molar-refractivity contribution in [3.63, 3.8) is 0 Å². The van der Waals surface area contributed by atoms with E-state index in [1.807, 2.05) is 55.7 Å². The molecule has 3 heterocycles. The van der Waals surface area contributed by atoms with Crippen LogP contribution in [0.1, 0.15) is 75.7 Å². The zero-order valence-corrected chi connectivity index (χ0v) is 26.4. The minimum absolute atomic E-state index is 0.1000. The highest BCUT2D eigenvalue weighted by atomic mass is 19.4. The molecule has 2 aliphatic heterocycles. The fraction of sp³-hybridized carbons (Fsp3) is 0.500. The average Bonchev–Trinajstić information content (AvgIpc) is 3.43. The average molecular weight is 645 g/mol. The van der Waals surface area contributed by atoms with Crippen molar-refractivity contribution < 1.29 is 36.6 Å². The molecule has 0 radical (unpaired) electrons. The van der Waals surface area contributed by atoms with Crippen LogP contribution in [0.5, 0.6) is 0 Å². The quantitative estimate of drug-likeness (QED) is 0.254. The van der Waals surface area contributed by atoms with E-state index in [0.29, 0.717) is 44.8 Å². The maximum absolute atomic E-state index is 14.1. The number of nitrogens with zero attached hydrogens (tertiary/aromatic N) is 4. The molecule has 3 aromatic rings. The van der Waals surface area contributed by atoms with Crippen LogP contribution in [0.3, 0.4) is 0 Å². The van der Waals surface area contributed by atoms with E-state index in [9.17, 15) is 27.2 Å². The molecule has 46 heavy (non-hydrogen) atoms. The zero-order chi connectivity index (χ0) is 33.1. The Hall–Kier alpha value is -4.09. The third kappa shape index (κ3) is 8.19. The number of halogens is 4. The lowest BCUT2D eigenvalue weighted by atomic mass is 9.95. The third-order valence-corrected chi connectivity index (χ3v) is 8.36. The highest BCUT2D eigenvalue weighted by Crippen LogP contribution is 2.36. The first kappa shape index (κ1) is 33.3. The van der Waals surface area contributed by atoms with Crippen molar-refractivity contribution in [1.29, 1.82) is 0 Å². The number of carbonyl (C=O) groups is 2. The summed E-state index contributed by atoms with van der Waals surface area (Å²) in [7, 11) is 0. The fourth-order valence-corrected chi connectivity index (χ4v) is 6.05. The first-order chi connectivity index (χ1) is 21.8. The van der Waals surface area contributed by atoms with Crippen LogP contribution in [-0.4, -0.2) is 62.8 Å². The summed E-state index contributed by atoms with van der Waals surface area (Å²) in [6.45, 7) is 7.31. The lowest BCUT2D eigenvalue weighted by Gasteiger charge is -2.36. The van der Waals surface area contributed by atoms with Crippen molar-refractivity contribution in [3.8, 4) is 11.3 Å². The summed E-state index contributed by atoms with van der Waals surface area (Å²) in [5.41, 5.74) is -0.684. The van der Waals surface area contributed by atoms with Gasteiger partial charge >= 0.3 is 18.4 Å². The Morgan fingerprint density at radius 1 is 0.935 bits per heavy atom. The number of piperidine rings is 2. The molecule has 0 aliphatic carbocycles. The molecule has 2 fully saturated rings. The van der Waals surface area contributed by atoms with E-state index in [0.717, 1.165) is 37.0 Å². The second-order valence-corrected chi connectivity index (χ2v) is 13.0. The third-order valence-electron chi connectivity index (χ3n) is 8.36. The van der Waals surface area contributed by atoms with Gasteiger partial charge in [0.15, 0.2) is 0 Å². The normalized spacial score (nSPS) is 18.0. The van der Waals surface area contributed by atoms with Crippen molar-refractivity contribution in [3.05, 3.63) is 77.5 Å². The van der Waals surface area contributed by atoms with Crippen molar-refractivity contribution >= 4 is 12.2 Å². The Labute approximate surface area is 266 Å². The minimum atomic E-state index is -4.86. The topological polar surface area (TPSA) is 76.9 Å². The molecule has 5 rings (SSSR count). The second-order valence-electron chi connectivity index (χ2n) is 13.0. The molecule has 0 saturated carbocycles. The van der Waals surface area contributed by atoms with E-state index >= 15 is 0 Å². The molecule has 12 heteroatoms. The van der Waals surface area contributed by atoms with Crippen LogP contribution in [0.15, 0.2) is 54.7 Å². The van der Waals surface area contributed by atoms with Crippen molar-refractivity contribution in [1.82, 2.24) is 19.4 Å². The Bertz CT molecular complexity index is 1510. The maximum atomic E-state index is 14.1. The Morgan fingerprint density at radius 2 is 1.65 bits per heavy atom. The van der Waals surface area contributed by atoms with Gasteiger partial charge < -0.3 is 23.8 Å². The Kier molecular flexibility index (Phi) is 9.93.